The second-order valence-corrected chi connectivity index (χ2v) is 4.07. The summed E-state index contributed by atoms with van der Waals surface area (Å²) in [6, 6.07) is 5.53. The van der Waals surface area contributed by atoms with Crippen LogP contribution in [-0.2, 0) is 0 Å². The summed E-state index contributed by atoms with van der Waals surface area (Å²) in [4.78, 5) is 0. The lowest BCUT2D eigenvalue weighted by Crippen LogP contribution is -2.24. The van der Waals surface area contributed by atoms with Gasteiger partial charge in [-0.3, -0.25) is 0 Å². The molecule has 0 radical (unpaired) electrons. The highest BCUT2D eigenvalue weighted by molar-refractivity contribution is 9.10. The van der Waals surface area contributed by atoms with Gasteiger partial charge in [0.25, 0.3) is 0 Å². The Labute approximate surface area is 86.9 Å². The van der Waals surface area contributed by atoms with Crippen molar-refractivity contribution in [3.63, 3.8) is 0 Å². The predicted molar refractivity (Wildman–Crippen MR) is 57.5 cm³/mol. The fraction of sp³-hybridized carbons (Fsp3) is 0.400. The molecule has 0 saturated carbocycles. The van der Waals surface area contributed by atoms with E-state index in [0.717, 1.165) is 15.6 Å². The predicted octanol–water partition coefficient (Wildman–Crippen LogP) is 2.14. The number of hydrogen-bond donors (Lipinski definition) is 2. The Bertz CT molecular complexity index is 299. The minimum absolute atomic E-state index is 0.308. The molecule has 0 heterocycles. The van der Waals surface area contributed by atoms with Gasteiger partial charge in [0.2, 0.25) is 0 Å². The van der Waals surface area contributed by atoms with E-state index in [0.29, 0.717) is 0 Å². The third kappa shape index (κ3) is 2.30. The molecule has 13 heavy (non-hydrogen) atoms. The third-order valence-corrected chi connectivity index (χ3v) is 3.05. The highest BCUT2D eigenvalue weighted by Gasteiger charge is 2.14. The number of aliphatic hydroxyl groups is 1. The smallest absolute Gasteiger partial charge is 0.0704 e. The van der Waals surface area contributed by atoms with E-state index in [1.807, 2.05) is 25.1 Å². The Morgan fingerprint density at radius 2 is 2.08 bits per heavy atom. The molecule has 1 rings (SSSR count). The van der Waals surface area contributed by atoms with Crippen LogP contribution in [0.1, 0.15) is 24.1 Å². The zero-order chi connectivity index (χ0) is 10.0. The number of aliphatic hydroxyl groups excluding tert-OH is 1. The molecule has 1 aromatic rings. The minimum atomic E-state index is -0.520. The van der Waals surface area contributed by atoms with E-state index in [2.05, 4.69) is 15.9 Å². The van der Waals surface area contributed by atoms with Gasteiger partial charge in [-0.2, -0.15) is 0 Å². The van der Waals surface area contributed by atoms with E-state index in [1.165, 1.54) is 0 Å². The van der Waals surface area contributed by atoms with Crippen LogP contribution in [0.5, 0.6) is 0 Å². The molecule has 3 N–H and O–H groups in total. The van der Waals surface area contributed by atoms with Gasteiger partial charge < -0.3 is 10.8 Å². The van der Waals surface area contributed by atoms with Crippen LogP contribution in [0.4, 0.5) is 0 Å². The second-order valence-electron chi connectivity index (χ2n) is 3.22. The highest BCUT2D eigenvalue weighted by Crippen LogP contribution is 2.24. The van der Waals surface area contributed by atoms with Crippen molar-refractivity contribution in [2.45, 2.75) is 26.0 Å². The van der Waals surface area contributed by atoms with Crippen LogP contribution in [0.25, 0.3) is 0 Å². The maximum absolute atomic E-state index is 9.35. The lowest BCUT2D eigenvalue weighted by Gasteiger charge is -2.17. The molecule has 2 nitrogen and oxygen atoms in total. The summed E-state index contributed by atoms with van der Waals surface area (Å²) in [5.41, 5.74) is 7.92. The van der Waals surface area contributed by atoms with Gasteiger partial charge >= 0.3 is 0 Å². The average Bonchev–Trinajstić information content (AvgIpc) is 2.08. The third-order valence-electron chi connectivity index (χ3n) is 2.19. The van der Waals surface area contributed by atoms with Crippen molar-refractivity contribution in [3.05, 3.63) is 33.8 Å². The first-order valence-electron chi connectivity index (χ1n) is 4.22. The van der Waals surface area contributed by atoms with Gasteiger partial charge in [0.05, 0.1) is 12.1 Å². The monoisotopic (exact) mass is 243 g/mol. The fourth-order valence-electron chi connectivity index (χ4n) is 1.25. The number of benzene rings is 1. The Morgan fingerprint density at radius 1 is 1.46 bits per heavy atom. The Hall–Kier alpha value is -0.380. The molecule has 3 heteroatoms. The molecular formula is C10H14BrNO. The number of nitrogens with two attached hydrogens (primary N) is 1. The van der Waals surface area contributed by atoms with Gasteiger partial charge in [0, 0.05) is 4.47 Å². The first kappa shape index (κ1) is 10.7. The standard InChI is InChI=1S/C10H14BrNO/c1-6-8(10(12)7(2)13)4-3-5-9(6)11/h3-5,7,10,13H,12H2,1-2H3/t7-,10-/m1/s1. The van der Waals surface area contributed by atoms with Crippen molar-refractivity contribution in [2.75, 3.05) is 0 Å². The summed E-state index contributed by atoms with van der Waals surface area (Å²) in [5, 5.41) is 9.35. The average molecular weight is 244 g/mol. The van der Waals surface area contributed by atoms with Gasteiger partial charge in [-0.15, -0.1) is 0 Å². The zero-order valence-electron chi connectivity index (χ0n) is 7.79. The molecule has 0 unspecified atom stereocenters. The summed E-state index contributed by atoms with van der Waals surface area (Å²) in [7, 11) is 0. The summed E-state index contributed by atoms with van der Waals surface area (Å²) >= 11 is 3.43. The number of halogens is 1. The zero-order valence-corrected chi connectivity index (χ0v) is 9.38. The summed E-state index contributed by atoms with van der Waals surface area (Å²) < 4.78 is 1.03. The summed E-state index contributed by atoms with van der Waals surface area (Å²) in [6.45, 7) is 3.69. The van der Waals surface area contributed by atoms with Crippen molar-refractivity contribution in [3.8, 4) is 0 Å². The quantitative estimate of drug-likeness (QED) is 0.837. The highest BCUT2D eigenvalue weighted by atomic mass is 79.9. The van der Waals surface area contributed by atoms with E-state index in [1.54, 1.807) is 6.92 Å². The van der Waals surface area contributed by atoms with E-state index in [-0.39, 0.29) is 6.04 Å². The second kappa shape index (κ2) is 4.22. The van der Waals surface area contributed by atoms with Crippen LogP contribution in [0.3, 0.4) is 0 Å². The molecule has 0 aliphatic rings. The Morgan fingerprint density at radius 3 is 2.62 bits per heavy atom. The van der Waals surface area contributed by atoms with Gasteiger partial charge in [0.1, 0.15) is 0 Å². The SMILES string of the molecule is Cc1c(Br)cccc1[C@H](N)[C@@H](C)O. The normalized spacial score (nSPS) is 15.5. The van der Waals surface area contributed by atoms with Gasteiger partial charge in [-0.1, -0.05) is 28.1 Å². The van der Waals surface area contributed by atoms with Gasteiger partial charge in [0.15, 0.2) is 0 Å². The lowest BCUT2D eigenvalue weighted by molar-refractivity contribution is 0.164. The Balaban J connectivity index is 3.07. The first-order valence-corrected chi connectivity index (χ1v) is 5.02. The van der Waals surface area contributed by atoms with Crippen LogP contribution in [0.15, 0.2) is 22.7 Å². The molecule has 0 saturated heterocycles. The maximum Gasteiger partial charge on any atom is 0.0704 e. The van der Waals surface area contributed by atoms with E-state index in [4.69, 9.17) is 5.73 Å². The minimum Gasteiger partial charge on any atom is -0.391 e. The summed E-state index contributed by atoms with van der Waals surface area (Å²) in [5.74, 6) is 0. The topological polar surface area (TPSA) is 46.2 Å². The van der Waals surface area contributed by atoms with Crippen LogP contribution >= 0.6 is 15.9 Å². The maximum atomic E-state index is 9.35. The van der Waals surface area contributed by atoms with Crippen molar-refractivity contribution >= 4 is 15.9 Å². The van der Waals surface area contributed by atoms with Gasteiger partial charge in [-0.05, 0) is 31.0 Å². The fourth-order valence-corrected chi connectivity index (χ4v) is 1.63. The molecule has 0 aromatic heterocycles. The number of hydrogen-bond acceptors (Lipinski definition) is 2. The van der Waals surface area contributed by atoms with Crippen molar-refractivity contribution in [1.82, 2.24) is 0 Å². The van der Waals surface area contributed by atoms with E-state index < -0.39 is 6.10 Å². The lowest BCUT2D eigenvalue weighted by atomic mass is 9.99. The van der Waals surface area contributed by atoms with Crippen molar-refractivity contribution < 1.29 is 5.11 Å². The van der Waals surface area contributed by atoms with Crippen LogP contribution in [-0.4, -0.2) is 11.2 Å². The molecule has 2 atom stereocenters. The largest absolute Gasteiger partial charge is 0.391 e. The first-order chi connectivity index (χ1) is 6.04. The molecule has 0 aliphatic heterocycles. The van der Waals surface area contributed by atoms with Crippen LogP contribution in [0, 0.1) is 6.92 Å². The Kier molecular flexibility index (Phi) is 3.47. The van der Waals surface area contributed by atoms with Crippen molar-refractivity contribution in [1.29, 1.82) is 0 Å². The molecule has 0 aliphatic carbocycles. The molecule has 72 valence electrons. The van der Waals surface area contributed by atoms with Crippen LogP contribution in [0.2, 0.25) is 0 Å². The number of rotatable bonds is 2. The van der Waals surface area contributed by atoms with Crippen LogP contribution < -0.4 is 5.73 Å². The van der Waals surface area contributed by atoms with E-state index in [9.17, 15) is 5.11 Å². The molecule has 0 spiro atoms. The molecule has 0 amide bonds. The van der Waals surface area contributed by atoms with Crippen molar-refractivity contribution in [2.24, 2.45) is 5.73 Å². The van der Waals surface area contributed by atoms with Gasteiger partial charge in [-0.25, -0.2) is 0 Å². The molecule has 0 bridgehead atoms. The molecule has 0 fully saturated rings. The summed E-state index contributed by atoms with van der Waals surface area (Å²) in [6.07, 6.45) is -0.520. The molecular weight excluding hydrogens is 230 g/mol. The molecule has 1 aromatic carbocycles. The van der Waals surface area contributed by atoms with E-state index >= 15 is 0 Å².